The van der Waals surface area contributed by atoms with Gasteiger partial charge in [-0.15, -0.1) is 0 Å². The van der Waals surface area contributed by atoms with Crippen LogP contribution in [0.2, 0.25) is 0 Å². The van der Waals surface area contributed by atoms with Gasteiger partial charge in [-0.2, -0.15) is 0 Å². The Hall–Kier alpha value is -0.350. The van der Waals surface area contributed by atoms with Gasteiger partial charge in [-0.3, -0.25) is 0 Å². The van der Waals surface area contributed by atoms with Crippen LogP contribution >= 0.6 is 12.2 Å². The molecule has 0 heterocycles. The molecule has 0 bridgehead atoms. The minimum absolute atomic E-state index is 1.12. The maximum Gasteiger partial charge on any atom is 0.0524 e. The smallest absolute Gasteiger partial charge is 0.0524 e. The molecule has 1 heteroatoms. The van der Waals surface area contributed by atoms with E-state index in [-0.39, 0.29) is 0 Å². The molecule has 0 aromatic rings. The fourth-order valence-electron chi connectivity index (χ4n) is 0. The molecule has 0 amide bonds. The third-order valence-corrected chi connectivity index (χ3v) is 0.177. The number of hydrogen-bond donors (Lipinski definition) is 0. The van der Waals surface area contributed by atoms with Crippen LogP contribution in [0, 0.1) is 12.3 Å². The van der Waals surface area contributed by atoms with Gasteiger partial charge < -0.3 is 0 Å². The second-order valence-electron chi connectivity index (χ2n) is 0.262. The summed E-state index contributed by atoms with van der Waals surface area (Å²) in [4.78, 5) is 0. The second-order valence-corrected chi connectivity index (χ2v) is 0.498. The van der Waals surface area contributed by atoms with Crippen LogP contribution in [-0.4, -0.2) is 5.37 Å². The van der Waals surface area contributed by atoms with E-state index in [2.05, 4.69) is 12.2 Å². The summed E-state index contributed by atoms with van der Waals surface area (Å²) in [5.41, 5.74) is 0. The first-order valence-electron chi connectivity index (χ1n) is 0.774. The van der Waals surface area contributed by atoms with Crippen molar-refractivity contribution in [2.75, 3.05) is 0 Å². The van der Waals surface area contributed by atoms with Gasteiger partial charge in [-0.25, -0.2) is 0 Å². The maximum absolute atomic E-state index is 6.04. The molecule has 0 aliphatic carbocycles. The van der Waals surface area contributed by atoms with Gasteiger partial charge in [0.25, 0.3) is 0 Å². The molecule has 0 aliphatic heterocycles. The summed E-state index contributed by atoms with van der Waals surface area (Å²) in [5, 5.41) is 1.12. The van der Waals surface area contributed by atoms with Gasteiger partial charge in [-0.1, -0.05) is 12.2 Å². The quantitative estimate of drug-likeness (QED) is 0.296. The van der Waals surface area contributed by atoms with Gasteiger partial charge in [0.05, 0.1) is 5.37 Å². The summed E-state index contributed by atoms with van der Waals surface area (Å²) in [6, 6.07) is 0. The zero-order chi connectivity index (χ0) is 3.41. The molecule has 1 radical (unpaired) electrons. The zero-order valence-electron chi connectivity index (χ0n) is 1.99. The fraction of sp³-hybridized carbons (Fsp3) is 0. The predicted octanol–water partition coefficient (Wildman–Crippen LogP) is 0.576. The molecule has 0 aromatic heterocycles. The first kappa shape index (κ1) is 3.65. The van der Waals surface area contributed by atoms with Gasteiger partial charge in [0, 0.05) is 0 Å². The number of thiocarbonyl (C=S) groups is 1. The van der Waals surface area contributed by atoms with Crippen molar-refractivity contribution < 1.29 is 0 Å². The van der Waals surface area contributed by atoms with E-state index in [1.165, 1.54) is 0 Å². The van der Waals surface area contributed by atoms with Gasteiger partial charge in [0.1, 0.15) is 0 Å². The van der Waals surface area contributed by atoms with Crippen molar-refractivity contribution in [1.82, 2.24) is 0 Å². The van der Waals surface area contributed by atoms with Crippen molar-refractivity contribution in [3.63, 3.8) is 0 Å². The van der Waals surface area contributed by atoms with Crippen molar-refractivity contribution in [3.8, 4) is 5.92 Å². The molecular formula is C3HS. The zero-order valence-corrected chi connectivity index (χ0v) is 2.80. The lowest BCUT2D eigenvalue weighted by Crippen LogP contribution is -1.39. The minimum atomic E-state index is 1.12. The highest BCUT2D eigenvalue weighted by atomic mass is 32.1. The van der Waals surface area contributed by atoms with E-state index in [1.807, 2.05) is 5.92 Å². The molecule has 0 aliphatic rings. The van der Waals surface area contributed by atoms with Crippen LogP contribution in [0.3, 0.4) is 0 Å². The molecule has 4 heavy (non-hydrogen) atoms. The van der Waals surface area contributed by atoms with Crippen molar-refractivity contribution in [1.29, 1.82) is 0 Å². The van der Waals surface area contributed by atoms with E-state index in [1.54, 1.807) is 0 Å². The summed E-state index contributed by atoms with van der Waals surface area (Å²) in [7, 11) is 0. The first-order chi connectivity index (χ1) is 1.91. The Kier molecular flexibility index (Phi) is 2.42. The lowest BCUT2D eigenvalue weighted by molar-refractivity contribution is 2.75. The van der Waals surface area contributed by atoms with E-state index in [0.717, 1.165) is 5.37 Å². The number of hydrogen-bond acceptors (Lipinski definition) is 1. The molecule has 0 aromatic carbocycles. The molecule has 0 saturated heterocycles. The summed E-state index contributed by atoms with van der Waals surface area (Å²) >= 11 is 4.13. The molecule has 19 valence electrons. The molecular weight excluding hydrogens is 68.1 g/mol. The maximum atomic E-state index is 6.04. The fourth-order valence-corrected chi connectivity index (χ4v) is 0. The largest absolute Gasteiger partial charge is 0.0789 e. The van der Waals surface area contributed by atoms with Crippen LogP contribution in [0.15, 0.2) is 0 Å². The van der Waals surface area contributed by atoms with Crippen molar-refractivity contribution in [2.45, 2.75) is 0 Å². The van der Waals surface area contributed by atoms with Gasteiger partial charge >= 0.3 is 0 Å². The summed E-state index contributed by atoms with van der Waals surface area (Å²) < 4.78 is 0. The highest BCUT2D eigenvalue weighted by Gasteiger charge is 1.31. The van der Waals surface area contributed by atoms with Crippen molar-refractivity contribution >= 4 is 17.6 Å². The van der Waals surface area contributed by atoms with Gasteiger partial charge in [0.15, 0.2) is 0 Å². The normalized spacial score (nSPS) is 3.75. The Bertz CT molecular complexity index is 48.8. The van der Waals surface area contributed by atoms with Crippen molar-refractivity contribution in [3.05, 3.63) is 6.42 Å². The third kappa shape index (κ3) is 1.65. The topological polar surface area (TPSA) is 0 Å². The Morgan fingerprint density at radius 2 is 2.25 bits per heavy atom. The average molecular weight is 69.1 g/mol. The van der Waals surface area contributed by atoms with Crippen LogP contribution in [0.5, 0.6) is 0 Å². The molecule has 0 spiro atoms. The highest BCUT2D eigenvalue weighted by molar-refractivity contribution is 7.79. The Morgan fingerprint density at radius 3 is 2.25 bits per heavy atom. The Labute approximate surface area is 30.8 Å². The van der Waals surface area contributed by atoms with E-state index >= 15 is 0 Å². The van der Waals surface area contributed by atoms with Crippen LogP contribution < -0.4 is 0 Å². The highest BCUT2D eigenvalue weighted by Crippen LogP contribution is 1.35. The summed E-state index contributed by atoms with van der Waals surface area (Å²) in [5.74, 6) is 1.87. The molecule has 0 unspecified atom stereocenters. The SMILES string of the molecule is [C]#CC=S. The first-order valence-corrected chi connectivity index (χ1v) is 1.25. The van der Waals surface area contributed by atoms with Crippen molar-refractivity contribution in [2.24, 2.45) is 0 Å². The molecule has 0 nitrogen and oxygen atoms in total. The standard InChI is InChI=1S/C3HS/c1-2-3-4/h3H. The summed E-state index contributed by atoms with van der Waals surface area (Å²) in [6.45, 7) is 0. The van der Waals surface area contributed by atoms with Crippen LogP contribution in [-0.2, 0) is 0 Å². The monoisotopic (exact) mass is 69.0 g/mol. The molecule has 0 saturated carbocycles. The van der Waals surface area contributed by atoms with Crippen LogP contribution in [0.1, 0.15) is 0 Å². The van der Waals surface area contributed by atoms with E-state index in [0.29, 0.717) is 0 Å². The molecule has 0 atom stereocenters. The predicted molar refractivity (Wildman–Crippen MR) is 20.8 cm³/mol. The van der Waals surface area contributed by atoms with E-state index in [4.69, 9.17) is 6.42 Å². The third-order valence-electron chi connectivity index (χ3n) is 0.0589. The lowest BCUT2D eigenvalue weighted by atomic mass is 10.8. The lowest BCUT2D eigenvalue weighted by Gasteiger charge is -1.33. The second kappa shape index (κ2) is 2.65. The van der Waals surface area contributed by atoms with E-state index in [9.17, 15) is 0 Å². The average Bonchev–Trinajstić information content (AvgIpc) is 1.37. The molecule has 0 rings (SSSR count). The molecule has 0 fully saturated rings. The van der Waals surface area contributed by atoms with E-state index < -0.39 is 0 Å². The Morgan fingerprint density at radius 1 is 2.00 bits per heavy atom. The number of rotatable bonds is 0. The van der Waals surface area contributed by atoms with Gasteiger partial charge in [0.2, 0.25) is 0 Å². The van der Waals surface area contributed by atoms with Crippen LogP contribution in [0.4, 0.5) is 0 Å². The van der Waals surface area contributed by atoms with Crippen LogP contribution in [0.25, 0.3) is 0 Å². The van der Waals surface area contributed by atoms with Gasteiger partial charge in [-0.05, 0) is 12.3 Å². The summed E-state index contributed by atoms with van der Waals surface area (Å²) in [6.07, 6.45) is 6.04. The minimum Gasteiger partial charge on any atom is -0.0789 e. The molecule has 0 N–H and O–H groups in total. The Balaban J connectivity index is 2.92.